The molecule has 0 N–H and O–H groups in total. The van der Waals surface area contributed by atoms with Crippen LogP contribution in [0.1, 0.15) is 36.7 Å². The number of amides is 1. The standard InChI is InChI=1S/C21H25ClN2O3S/c1-21(2,3)17-9-7-16(8-10-17)20(25)23-11-13-24(14-12-23)28(26,27)19-6-4-5-18(22)15-19/h4-10,15H,11-14H2,1-3H3. The van der Waals surface area contributed by atoms with Crippen LogP contribution in [0.15, 0.2) is 53.4 Å². The van der Waals surface area contributed by atoms with E-state index in [9.17, 15) is 13.2 Å². The van der Waals surface area contributed by atoms with E-state index < -0.39 is 10.0 Å². The number of sulfonamides is 1. The van der Waals surface area contributed by atoms with Gasteiger partial charge in [0.25, 0.3) is 5.91 Å². The van der Waals surface area contributed by atoms with Gasteiger partial charge in [0.2, 0.25) is 10.0 Å². The number of piperazine rings is 1. The van der Waals surface area contributed by atoms with Crippen LogP contribution in [0.25, 0.3) is 0 Å². The quantitative estimate of drug-likeness (QED) is 0.759. The lowest BCUT2D eigenvalue weighted by Crippen LogP contribution is -2.50. The van der Waals surface area contributed by atoms with Crippen molar-refractivity contribution in [1.29, 1.82) is 0 Å². The Kier molecular flexibility index (Phi) is 5.84. The lowest BCUT2D eigenvalue weighted by molar-refractivity contribution is 0.0698. The fraction of sp³-hybridized carbons (Fsp3) is 0.381. The highest BCUT2D eigenvalue weighted by Gasteiger charge is 2.30. The van der Waals surface area contributed by atoms with Crippen LogP contribution in [0.3, 0.4) is 0 Å². The molecule has 1 amide bonds. The highest BCUT2D eigenvalue weighted by Crippen LogP contribution is 2.24. The smallest absolute Gasteiger partial charge is 0.253 e. The lowest BCUT2D eigenvalue weighted by atomic mass is 9.86. The minimum absolute atomic E-state index is 0.0297. The molecule has 7 heteroatoms. The predicted octanol–water partition coefficient (Wildman–Crippen LogP) is 3.78. The van der Waals surface area contributed by atoms with Crippen molar-refractivity contribution >= 4 is 27.5 Å². The molecule has 2 aromatic rings. The van der Waals surface area contributed by atoms with Gasteiger partial charge in [0.15, 0.2) is 0 Å². The Bertz CT molecular complexity index is 958. The van der Waals surface area contributed by atoms with Gasteiger partial charge in [-0.15, -0.1) is 0 Å². The van der Waals surface area contributed by atoms with E-state index in [1.807, 2.05) is 24.3 Å². The van der Waals surface area contributed by atoms with Crippen molar-refractivity contribution in [2.24, 2.45) is 0 Å². The predicted molar refractivity (Wildman–Crippen MR) is 111 cm³/mol. The van der Waals surface area contributed by atoms with Gasteiger partial charge in [-0.25, -0.2) is 8.42 Å². The summed E-state index contributed by atoms with van der Waals surface area (Å²) in [6, 6.07) is 13.9. The van der Waals surface area contributed by atoms with E-state index in [0.717, 1.165) is 0 Å². The SMILES string of the molecule is CC(C)(C)c1ccc(C(=O)N2CCN(S(=O)(=O)c3cccc(Cl)c3)CC2)cc1. The maximum Gasteiger partial charge on any atom is 0.253 e. The van der Waals surface area contributed by atoms with E-state index in [4.69, 9.17) is 11.6 Å². The second-order valence-corrected chi connectivity index (χ2v) is 10.4. The Morgan fingerprint density at radius 3 is 2.11 bits per heavy atom. The van der Waals surface area contributed by atoms with Crippen molar-refractivity contribution in [3.8, 4) is 0 Å². The second kappa shape index (κ2) is 7.85. The number of hydrogen-bond acceptors (Lipinski definition) is 3. The van der Waals surface area contributed by atoms with E-state index >= 15 is 0 Å². The van der Waals surface area contributed by atoms with Crippen LogP contribution in [-0.4, -0.2) is 49.7 Å². The summed E-state index contributed by atoms with van der Waals surface area (Å²) in [5.41, 5.74) is 1.82. The third-order valence-electron chi connectivity index (χ3n) is 4.96. The minimum Gasteiger partial charge on any atom is -0.336 e. The minimum atomic E-state index is -3.61. The monoisotopic (exact) mass is 420 g/mol. The number of rotatable bonds is 3. The molecule has 0 aromatic heterocycles. The average Bonchev–Trinajstić information content (AvgIpc) is 2.67. The largest absolute Gasteiger partial charge is 0.336 e. The normalized spacial score (nSPS) is 16.2. The third kappa shape index (κ3) is 4.40. The fourth-order valence-corrected chi connectivity index (χ4v) is 4.93. The number of halogens is 1. The van der Waals surface area contributed by atoms with Gasteiger partial charge in [-0.3, -0.25) is 4.79 Å². The summed E-state index contributed by atoms with van der Waals surface area (Å²) in [6.07, 6.45) is 0. The molecule has 150 valence electrons. The first-order valence-electron chi connectivity index (χ1n) is 9.24. The molecular weight excluding hydrogens is 396 g/mol. The average molecular weight is 421 g/mol. The summed E-state index contributed by atoms with van der Waals surface area (Å²) in [6.45, 7) is 7.64. The van der Waals surface area contributed by atoms with Crippen LogP contribution in [0.2, 0.25) is 5.02 Å². The van der Waals surface area contributed by atoms with Gasteiger partial charge in [0.1, 0.15) is 0 Å². The number of nitrogens with zero attached hydrogens (tertiary/aromatic N) is 2. The van der Waals surface area contributed by atoms with Crippen molar-refractivity contribution in [1.82, 2.24) is 9.21 Å². The summed E-state index contributed by atoms with van der Waals surface area (Å²) in [5.74, 6) is -0.0692. The van der Waals surface area contributed by atoms with Crippen LogP contribution in [-0.2, 0) is 15.4 Å². The van der Waals surface area contributed by atoms with E-state index in [0.29, 0.717) is 23.7 Å². The Hall–Kier alpha value is -1.89. The number of hydrogen-bond donors (Lipinski definition) is 0. The van der Waals surface area contributed by atoms with Crippen LogP contribution < -0.4 is 0 Å². The molecule has 0 unspecified atom stereocenters. The summed E-state index contributed by atoms with van der Waals surface area (Å²) in [4.78, 5) is 14.7. The number of carbonyl (C=O) groups excluding carboxylic acids is 1. The Morgan fingerprint density at radius 1 is 0.964 bits per heavy atom. The first-order valence-corrected chi connectivity index (χ1v) is 11.1. The van der Waals surface area contributed by atoms with Gasteiger partial charge in [-0.2, -0.15) is 4.31 Å². The molecule has 3 rings (SSSR count). The van der Waals surface area contributed by atoms with Crippen LogP contribution >= 0.6 is 11.6 Å². The maximum atomic E-state index is 12.8. The Balaban J connectivity index is 1.67. The van der Waals surface area contributed by atoms with Crippen molar-refractivity contribution in [3.63, 3.8) is 0 Å². The van der Waals surface area contributed by atoms with Gasteiger partial charge < -0.3 is 4.90 Å². The van der Waals surface area contributed by atoms with E-state index in [-0.39, 0.29) is 29.3 Å². The molecule has 1 heterocycles. The number of benzene rings is 2. The van der Waals surface area contributed by atoms with Gasteiger partial charge >= 0.3 is 0 Å². The van der Waals surface area contributed by atoms with Crippen LogP contribution in [0, 0.1) is 0 Å². The fourth-order valence-electron chi connectivity index (χ4n) is 3.20. The van der Waals surface area contributed by atoms with Crippen molar-refractivity contribution < 1.29 is 13.2 Å². The van der Waals surface area contributed by atoms with E-state index in [1.54, 1.807) is 17.0 Å². The zero-order valence-electron chi connectivity index (χ0n) is 16.4. The first-order chi connectivity index (χ1) is 13.1. The van der Waals surface area contributed by atoms with Gasteiger partial charge in [0, 0.05) is 36.8 Å². The molecule has 0 bridgehead atoms. The molecule has 5 nitrogen and oxygen atoms in total. The third-order valence-corrected chi connectivity index (χ3v) is 7.09. The lowest BCUT2D eigenvalue weighted by Gasteiger charge is -2.34. The molecule has 1 aliphatic rings. The van der Waals surface area contributed by atoms with Gasteiger partial charge in [-0.05, 0) is 41.3 Å². The Labute approximate surface area is 172 Å². The molecule has 1 saturated heterocycles. The summed E-state index contributed by atoms with van der Waals surface area (Å²) in [5, 5.41) is 0.383. The van der Waals surface area contributed by atoms with Crippen LogP contribution in [0.4, 0.5) is 0 Å². The van der Waals surface area contributed by atoms with Crippen LogP contribution in [0.5, 0.6) is 0 Å². The van der Waals surface area contributed by atoms with E-state index in [1.165, 1.54) is 22.0 Å². The topological polar surface area (TPSA) is 57.7 Å². The zero-order chi connectivity index (χ0) is 20.5. The molecule has 0 radical (unpaired) electrons. The van der Waals surface area contributed by atoms with Crippen molar-refractivity contribution in [2.75, 3.05) is 26.2 Å². The molecule has 1 fully saturated rings. The van der Waals surface area contributed by atoms with Crippen molar-refractivity contribution in [2.45, 2.75) is 31.1 Å². The Morgan fingerprint density at radius 2 is 1.57 bits per heavy atom. The second-order valence-electron chi connectivity index (χ2n) is 7.98. The molecule has 0 aliphatic carbocycles. The molecule has 0 saturated carbocycles. The molecule has 28 heavy (non-hydrogen) atoms. The summed E-state index contributed by atoms with van der Waals surface area (Å²) in [7, 11) is -3.61. The summed E-state index contributed by atoms with van der Waals surface area (Å²) < 4.78 is 27.0. The zero-order valence-corrected chi connectivity index (χ0v) is 17.9. The van der Waals surface area contributed by atoms with Crippen molar-refractivity contribution in [3.05, 3.63) is 64.7 Å². The van der Waals surface area contributed by atoms with Gasteiger partial charge in [-0.1, -0.05) is 50.6 Å². The number of carbonyl (C=O) groups is 1. The molecule has 0 atom stereocenters. The maximum absolute atomic E-state index is 12.8. The molecule has 0 spiro atoms. The first kappa shape index (κ1) is 20.8. The highest BCUT2D eigenvalue weighted by molar-refractivity contribution is 7.89. The summed E-state index contributed by atoms with van der Waals surface area (Å²) >= 11 is 5.93. The molecule has 2 aromatic carbocycles. The van der Waals surface area contributed by atoms with E-state index in [2.05, 4.69) is 20.8 Å². The molecular formula is C21H25ClN2O3S. The van der Waals surface area contributed by atoms with Gasteiger partial charge in [0.05, 0.1) is 4.90 Å². The highest BCUT2D eigenvalue weighted by atomic mass is 35.5. The molecule has 1 aliphatic heterocycles.